The van der Waals surface area contributed by atoms with Gasteiger partial charge in [-0.2, -0.15) is 0 Å². The number of phenols is 1. The molecule has 3 saturated carbocycles. The molecular weight excluding hydrogens is 374 g/mol. The average molecular weight is 408 g/mol. The van der Waals surface area contributed by atoms with Crippen molar-refractivity contribution in [1.29, 1.82) is 0 Å². The minimum absolute atomic E-state index is 0.0234. The molecule has 0 radical (unpaired) electrons. The fourth-order valence-electron chi connectivity index (χ4n) is 7.57. The second-order valence-electron chi connectivity index (χ2n) is 10.6. The first-order valence-corrected chi connectivity index (χ1v) is 11.4. The van der Waals surface area contributed by atoms with Crippen molar-refractivity contribution in [3.63, 3.8) is 0 Å². The Balaban J connectivity index is 1.48. The van der Waals surface area contributed by atoms with Crippen LogP contribution in [0.2, 0.25) is 0 Å². The predicted octanol–water partition coefficient (Wildman–Crippen LogP) is 4.39. The van der Waals surface area contributed by atoms with Gasteiger partial charge in [-0.05, 0) is 79.2 Å². The minimum atomic E-state index is -0.428. The lowest BCUT2D eigenvalue weighted by Crippen LogP contribution is -2.59. The van der Waals surface area contributed by atoms with Crippen molar-refractivity contribution in [3.05, 3.63) is 47.6 Å². The van der Waals surface area contributed by atoms with Crippen LogP contribution in [0.4, 0.5) is 0 Å². The van der Waals surface area contributed by atoms with Crippen LogP contribution < -0.4 is 0 Å². The van der Waals surface area contributed by atoms with Crippen LogP contribution >= 0.6 is 0 Å². The summed E-state index contributed by atoms with van der Waals surface area (Å²) in [5, 5.41) is 21.2. The number of carbonyl (C=O) groups excluding carboxylic acids is 1. The second kappa shape index (κ2) is 6.71. The van der Waals surface area contributed by atoms with Gasteiger partial charge in [0.1, 0.15) is 5.75 Å². The molecule has 3 aliphatic carbocycles. The van der Waals surface area contributed by atoms with Gasteiger partial charge in [0.2, 0.25) is 5.91 Å². The van der Waals surface area contributed by atoms with E-state index in [-0.39, 0.29) is 28.5 Å². The third-order valence-corrected chi connectivity index (χ3v) is 9.22. The summed E-state index contributed by atoms with van der Waals surface area (Å²) in [4.78, 5) is 14.2. The predicted molar refractivity (Wildman–Crippen MR) is 118 cm³/mol. The van der Waals surface area contributed by atoms with E-state index in [4.69, 9.17) is 0 Å². The van der Waals surface area contributed by atoms with Crippen LogP contribution in [-0.2, 0) is 4.79 Å². The van der Waals surface area contributed by atoms with E-state index in [0.717, 1.165) is 43.2 Å². The molecule has 1 aliphatic heterocycles. The number of nitrogens with zero attached hydrogens (tertiary/aromatic N) is 1. The molecule has 4 aliphatic rings. The normalized spacial score (nSPS) is 44.0. The van der Waals surface area contributed by atoms with Gasteiger partial charge in [0.05, 0.1) is 6.10 Å². The Hall–Kier alpha value is -2.07. The van der Waals surface area contributed by atoms with E-state index in [0.29, 0.717) is 17.8 Å². The van der Waals surface area contributed by atoms with Crippen molar-refractivity contribution in [1.82, 2.24) is 4.90 Å². The SMILES string of the molecule is CN1C(=O)C=C[C@]2(C)[C@H]3CC[C@]4(C)[C@@H](O)/C(=C/c5cccc(O)c5)C[C@H]4[C@@H]3CC[C@@H]12. The lowest BCUT2D eigenvalue weighted by Gasteiger charge is -2.59. The van der Waals surface area contributed by atoms with Gasteiger partial charge in [0.15, 0.2) is 0 Å². The number of benzene rings is 1. The Morgan fingerprint density at radius 3 is 2.73 bits per heavy atom. The van der Waals surface area contributed by atoms with Gasteiger partial charge < -0.3 is 15.1 Å². The fraction of sp³-hybridized carbons (Fsp3) is 0.577. The molecule has 0 aromatic heterocycles. The summed E-state index contributed by atoms with van der Waals surface area (Å²) in [6, 6.07) is 7.56. The first-order valence-electron chi connectivity index (χ1n) is 11.4. The monoisotopic (exact) mass is 407 g/mol. The zero-order valence-corrected chi connectivity index (χ0v) is 18.2. The first kappa shape index (κ1) is 19.9. The molecule has 0 spiro atoms. The number of hydrogen-bond acceptors (Lipinski definition) is 3. The molecule has 30 heavy (non-hydrogen) atoms. The van der Waals surface area contributed by atoms with Crippen LogP contribution in [0.25, 0.3) is 6.08 Å². The molecule has 3 fully saturated rings. The fourth-order valence-corrected chi connectivity index (χ4v) is 7.57. The highest BCUT2D eigenvalue weighted by molar-refractivity contribution is 5.89. The molecule has 0 saturated heterocycles. The van der Waals surface area contributed by atoms with E-state index in [9.17, 15) is 15.0 Å². The molecule has 0 unspecified atom stereocenters. The van der Waals surface area contributed by atoms with Crippen LogP contribution in [0.15, 0.2) is 42.0 Å². The molecule has 4 nitrogen and oxygen atoms in total. The standard InChI is InChI=1S/C26H33NO3/c1-25-12-10-23(29)27(3)22(25)8-7-19-20(25)9-11-26(2)21(19)15-17(24(26)30)13-16-5-4-6-18(28)14-16/h4-6,10,12-14,19-22,24,28,30H,7-9,11,15H2,1-3H3/b17-13+/t19-,20+,21+,22-,24+,25-,26+/m1/s1. The van der Waals surface area contributed by atoms with Gasteiger partial charge in [0.25, 0.3) is 0 Å². The summed E-state index contributed by atoms with van der Waals surface area (Å²) >= 11 is 0. The van der Waals surface area contributed by atoms with Gasteiger partial charge >= 0.3 is 0 Å². The Labute approximate surface area is 179 Å². The van der Waals surface area contributed by atoms with Gasteiger partial charge in [-0.25, -0.2) is 0 Å². The van der Waals surface area contributed by atoms with E-state index in [1.54, 1.807) is 18.2 Å². The summed E-state index contributed by atoms with van der Waals surface area (Å²) in [5.74, 6) is 1.97. The molecular formula is C26H33NO3. The molecule has 5 rings (SSSR count). The summed E-state index contributed by atoms with van der Waals surface area (Å²) in [6.45, 7) is 4.63. The number of aliphatic hydroxyl groups excluding tert-OH is 1. The maximum atomic E-state index is 12.2. The maximum absolute atomic E-state index is 12.2. The average Bonchev–Trinajstić information content (AvgIpc) is 2.96. The molecule has 7 atom stereocenters. The maximum Gasteiger partial charge on any atom is 0.246 e. The van der Waals surface area contributed by atoms with Crippen LogP contribution in [0.1, 0.15) is 51.5 Å². The smallest absolute Gasteiger partial charge is 0.246 e. The van der Waals surface area contributed by atoms with E-state index < -0.39 is 6.10 Å². The highest BCUT2D eigenvalue weighted by Gasteiger charge is 2.61. The molecule has 0 bridgehead atoms. The number of aliphatic hydroxyl groups is 1. The Kier molecular flexibility index (Phi) is 4.45. The van der Waals surface area contributed by atoms with Crippen LogP contribution in [0.3, 0.4) is 0 Å². The van der Waals surface area contributed by atoms with Gasteiger partial charge in [-0.3, -0.25) is 4.79 Å². The molecule has 1 aromatic rings. The largest absolute Gasteiger partial charge is 0.508 e. The number of carbonyl (C=O) groups is 1. The third-order valence-electron chi connectivity index (χ3n) is 9.22. The first-order chi connectivity index (χ1) is 14.2. The second-order valence-corrected chi connectivity index (χ2v) is 10.6. The number of phenolic OH excluding ortho intramolecular Hbond substituents is 1. The number of likely N-dealkylation sites (N-methyl/N-ethyl adjacent to an activating group) is 1. The topological polar surface area (TPSA) is 60.8 Å². The van der Waals surface area contributed by atoms with E-state index in [1.165, 1.54) is 0 Å². The van der Waals surface area contributed by atoms with Crippen LogP contribution in [0.5, 0.6) is 5.75 Å². The Morgan fingerprint density at radius 1 is 1.17 bits per heavy atom. The quantitative estimate of drug-likeness (QED) is 0.726. The van der Waals surface area contributed by atoms with Crippen molar-refractivity contribution >= 4 is 12.0 Å². The Bertz CT molecular complexity index is 936. The summed E-state index contributed by atoms with van der Waals surface area (Å²) in [6.07, 6.45) is 10.9. The highest BCUT2D eigenvalue weighted by Crippen LogP contribution is 2.65. The lowest BCUT2D eigenvalue weighted by molar-refractivity contribution is -0.140. The third kappa shape index (κ3) is 2.72. The number of amides is 1. The molecule has 2 N–H and O–H groups in total. The number of hydrogen-bond donors (Lipinski definition) is 2. The van der Waals surface area contributed by atoms with Crippen molar-refractivity contribution in [2.45, 2.75) is 58.1 Å². The molecule has 160 valence electrons. The summed E-state index contributed by atoms with van der Waals surface area (Å²) in [5.41, 5.74) is 1.99. The summed E-state index contributed by atoms with van der Waals surface area (Å²) in [7, 11) is 1.96. The number of aromatic hydroxyl groups is 1. The van der Waals surface area contributed by atoms with E-state index in [1.807, 2.05) is 24.1 Å². The van der Waals surface area contributed by atoms with Crippen LogP contribution in [-0.4, -0.2) is 40.2 Å². The highest BCUT2D eigenvalue weighted by atomic mass is 16.3. The van der Waals surface area contributed by atoms with Crippen molar-refractivity contribution in [2.75, 3.05) is 7.05 Å². The van der Waals surface area contributed by atoms with E-state index >= 15 is 0 Å². The number of rotatable bonds is 1. The van der Waals surface area contributed by atoms with E-state index in [2.05, 4.69) is 26.0 Å². The zero-order chi connectivity index (χ0) is 21.3. The lowest BCUT2D eigenvalue weighted by atomic mass is 9.48. The van der Waals surface area contributed by atoms with Gasteiger partial charge in [-0.15, -0.1) is 0 Å². The van der Waals surface area contributed by atoms with Gasteiger partial charge in [0, 0.05) is 23.9 Å². The van der Waals surface area contributed by atoms with Gasteiger partial charge in [-0.1, -0.05) is 38.1 Å². The Morgan fingerprint density at radius 2 is 1.97 bits per heavy atom. The molecule has 1 amide bonds. The minimum Gasteiger partial charge on any atom is -0.508 e. The number of fused-ring (bicyclic) bond motifs is 5. The van der Waals surface area contributed by atoms with Crippen molar-refractivity contribution in [3.8, 4) is 5.75 Å². The van der Waals surface area contributed by atoms with Crippen LogP contribution in [0, 0.1) is 28.6 Å². The van der Waals surface area contributed by atoms with Crippen molar-refractivity contribution in [2.24, 2.45) is 28.6 Å². The molecule has 1 aromatic carbocycles. The molecule has 4 heteroatoms. The van der Waals surface area contributed by atoms with Crippen molar-refractivity contribution < 1.29 is 15.0 Å². The zero-order valence-electron chi connectivity index (χ0n) is 18.2. The molecule has 1 heterocycles. The summed E-state index contributed by atoms with van der Waals surface area (Å²) < 4.78 is 0.